The van der Waals surface area contributed by atoms with Crippen molar-refractivity contribution in [1.82, 2.24) is 0 Å². The topological polar surface area (TPSA) is 29.6 Å². The molecule has 2 nitrogen and oxygen atoms in total. The molecular weight excluding hydrogens is 244 g/mol. The van der Waals surface area contributed by atoms with Gasteiger partial charge in [-0.2, -0.15) is 0 Å². The Balaban J connectivity index is 1.63. The third kappa shape index (κ3) is 2.47. The minimum Gasteiger partial charge on any atom is -0.355 e. The van der Waals surface area contributed by atoms with E-state index < -0.39 is 0 Å². The van der Waals surface area contributed by atoms with Crippen LogP contribution < -0.4 is 0 Å². The Hall–Kier alpha value is -1.58. The number of ether oxygens (including phenoxy) is 1. The van der Waals surface area contributed by atoms with Crippen LogP contribution in [-0.4, -0.2) is 11.2 Å². The molecule has 0 aromatic heterocycles. The van der Waals surface area contributed by atoms with E-state index in [-0.39, 0.29) is 17.3 Å². The van der Waals surface area contributed by atoms with Crippen molar-refractivity contribution in [3.05, 3.63) is 66.2 Å². The van der Waals surface area contributed by atoms with Gasteiger partial charge in [0.1, 0.15) is 6.10 Å². The number of hydrogen-bond donors (Lipinski definition) is 0. The Morgan fingerprint density at radius 1 is 0.944 bits per heavy atom. The minimum absolute atomic E-state index is 0.0603. The maximum atomic E-state index is 12.0. The molecule has 0 unspecified atom stereocenters. The Morgan fingerprint density at radius 2 is 1.56 bits per heavy atom. The Morgan fingerprint density at radius 3 is 2.22 bits per heavy atom. The van der Waals surface area contributed by atoms with Gasteiger partial charge < -0.3 is 4.74 Å². The van der Waals surface area contributed by atoms with E-state index in [0.717, 1.165) is 10.5 Å². The van der Waals surface area contributed by atoms with Crippen molar-refractivity contribution in [2.24, 2.45) is 0 Å². The van der Waals surface area contributed by atoms with Gasteiger partial charge in [0, 0.05) is 4.90 Å². The lowest BCUT2D eigenvalue weighted by Crippen LogP contribution is -2.02. The molecule has 90 valence electrons. The number of carbonyl (C=O) groups is 1. The maximum Gasteiger partial charge on any atom is 0.225 e. The number of benzene rings is 2. The Kier molecular flexibility index (Phi) is 3.17. The van der Waals surface area contributed by atoms with Crippen LogP contribution in [0.5, 0.6) is 0 Å². The van der Waals surface area contributed by atoms with E-state index in [0.29, 0.717) is 0 Å². The molecule has 0 N–H and O–H groups in total. The third-order valence-electron chi connectivity index (χ3n) is 2.81. The largest absolute Gasteiger partial charge is 0.355 e. The lowest BCUT2D eigenvalue weighted by Gasteiger charge is -1.97. The molecule has 0 spiro atoms. The SMILES string of the molecule is O=C(Sc1ccccc1)[C@@H]1O[C@H]1c1ccccc1. The number of hydrogen-bond acceptors (Lipinski definition) is 3. The van der Waals surface area contributed by atoms with Gasteiger partial charge in [0.2, 0.25) is 5.12 Å². The van der Waals surface area contributed by atoms with Crippen molar-refractivity contribution < 1.29 is 9.53 Å². The van der Waals surface area contributed by atoms with Crippen LogP contribution in [-0.2, 0) is 9.53 Å². The molecule has 0 amide bonds. The summed E-state index contributed by atoms with van der Waals surface area (Å²) in [5.74, 6) is 0. The Bertz CT molecular complexity index is 539. The number of carbonyl (C=O) groups excluding carboxylic acids is 1. The van der Waals surface area contributed by atoms with Gasteiger partial charge in [-0.15, -0.1) is 0 Å². The average Bonchev–Trinajstić information content (AvgIpc) is 3.21. The smallest absolute Gasteiger partial charge is 0.225 e. The summed E-state index contributed by atoms with van der Waals surface area (Å²) in [4.78, 5) is 13.0. The number of thioether (sulfide) groups is 1. The summed E-state index contributed by atoms with van der Waals surface area (Å²) in [5, 5.41) is 0.0788. The molecule has 2 aromatic rings. The van der Waals surface area contributed by atoms with Crippen LogP contribution in [0.3, 0.4) is 0 Å². The highest BCUT2D eigenvalue weighted by atomic mass is 32.2. The predicted octanol–water partition coefficient (Wildman–Crippen LogP) is 3.45. The zero-order chi connectivity index (χ0) is 12.4. The quantitative estimate of drug-likeness (QED) is 0.622. The second kappa shape index (κ2) is 4.96. The van der Waals surface area contributed by atoms with Gasteiger partial charge in [-0.3, -0.25) is 4.79 Å². The molecule has 1 heterocycles. The first-order valence-electron chi connectivity index (χ1n) is 5.82. The molecule has 0 aliphatic carbocycles. The van der Waals surface area contributed by atoms with Gasteiger partial charge in [0.05, 0.1) is 0 Å². The van der Waals surface area contributed by atoms with E-state index in [1.807, 2.05) is 60.7 Å². The molecule has 1 aliphatic heterocycles. The molecule has 2 atom stereocenters. The summed E-state index contributed by atoms with van der Waals surface area (Å²) in [7, 11) is 0. The lowest BCUT2D eigenvalue weighted by molar-refractivity contribution is -0.112. The summed E-state index contributed by atoms with van der Waals surface area (Å²) in [6, 6.07) is 19.5. The fourth-order valence-corrected chi connectivity index (χ4v) is 2.67. The molecular formula is C15H12O2S. The molecule has 2 aromatic carbocycles. The fraction of sp³-hybridized carbons (Fsp3) is 0.133. The Labute approximate surface area is 110 Å². The molecule has 1 aliphatic rings. The van der Waals surface area contributed by atoms with Crippen LogP contribution in [0.2, 0.25) is 0 Å². The van der Waals surface area contributed by atoms with Crippen molar-refractivity contribution in [1.29, 1.82) is 0 Å². The van der Waals surface area contributed by atoms with E-state index >= 15 is 0 Å². The van der Waals surface area contributed by atoms with E-state index in [1.165, 1.54) is 11.8 Å². The van der Waals surface area contributed by atoms with E-state index in [2.05, 4.69) is 0 Å². The first-order valence-corrected chi connectivity index (χ1v) is 6.63. The zero-order valence-corrected chi connectivity index (χ0v) is 10.5. The van der Waals surface area contributed by atoms with Crippen LogP contribution in [0.15, 0.2) is 65.6 Å². The van der Waals surface area contributed by atoms with Crippen molar-refractivity contribution in [3.63, 3.8) is 0 Å². The van der Waals surface area contributed by atoms with Crippen LogP contribution in [0, 0.1) is 0 Å². The van der Waals surface area contributed by atoms with E-state index in [4.69, 9.17) is 4.74 Å². The molecule has 0 radical (unpaired) electrons. The summed E-state index contributed by atoms with van der Waals surface area (Å²) >= 11 is 1.25. The normalized spacial score (nSPS) is 21.6. The zero-order valence-electron chi connectivity index (χ0n) is 9.65. The van der Waals surface area contributed by atoms with Crippen LogP contribution >= 0.6 is 11.8 Å². The fourth-order valence-electron chi connectivity index (χ4n) is 1.85. The van der Waals surface area contributed by atoms with Gasteiger partial charge in [-0.05, 0) is 29.5 Å². The molecule has 0 bridgehead atoms. The lowest BCUT2D eigenvalue weighted by atomic mass is 10.1. The van der Waals surface area contributed by atoms with Crippen LogP contribution in [0.4, 0.5) is 0 Å². The van der Waals surface area contributed by atoms with Crippen molar-refractivity contribution in [2.75, 3.05) is 0 Å². The highest BCUT2D eigenvalue weighted by Gasteiger charge is 2.46. The summed E-state index contributed by atoms with van der Waals surface area (Å²) < 4.78 is 5.47. The van der Waals surface area contributed by atoms with Gasteiger partial charge in [0.25, 0.3) is 0 Å². The predicted molar refractivity (Wildman–Crippen MR) is 71.4 cm³/mol. The number of rotatable bonds is 3. The summed E-state index contributed by atoms with van der Waals surface area (Å²) in [5.41, 5.74) is 1.07. The molecule has 1 fully saturated rings. The standard InChI is InChI=1S/C15H12O2S/c16-15(18-12-9-5-2-6-10-12)14-13(17-14)11-7-3-1-4-8-11/h1-10,13-14H/t13-,14+/m0/s1. The van der Waals surface area contributed by atoms with Crippen LogP contribution in [0.1, 0.15) is 11.7 Å². The highest BCUT2D eigenvalue weighted by Crippen LogP contribution is 2.42. The van der Waals surface area contributed by atoms with Crippen molar-refractivity contribution >= 4 is 16.9 Å². The van der Waals surface area contributed by atoms with Gasteiger partial charge in [-0.25, -0.2) is 0 Å². The second-order valence-corrected chi connectivity index (χ2v) is 5.20. The van der Waals surface area contributed by atoms with E-state index in [9.17, 15) is 4.79 Å². The van der Waals surface area contributed by atoms with Crippen LogP contribution in [0.25, 0.3) is 0 Å². The summed E-state index contributed by atoms with van der Waals surface area (Å²) in [6.45, 7) is 0. The summed E-state index contributed by atoms with van der Waals surface area (Å²) in [6.07, 6.45) is -0.354. The second-order valence-electron chi connectivity index (χ2n) is 4.12. The average molecular weight is 256 g/mol. The third-order valence-corrected chi connectivity index (χ3v) is 3.76. The maximum absolute atomic E-state index is 12.0. The highest BCUT2D eigenvalue weighted by molar-refractivity contribution is 8.13. The van der Waals surface area contributed by atoms with E-state index in [1.54, 1.807) is 0 Å². The van der Waals surface area contributed by atoms with Crippen molar-refractivity contribution in [3.8, 4) is 0 Å². The van der Waals surface area contributed by atoms with Gasteiger partial charge in [-0.1, -0.05) is 48.5 Å². The molecule has 0 saturated carbocycles. The first kappa shape index (κ1) is 11.5. The molecule has 18 heavy (non-hydrogen) atoms. The molecule has 3 heteroatoms. The molecule has 1 saturated heterocycles. The van der Waals surface area contributed by atoms with Gasteiger partial charge in [0.15, 0.2) is 6.10 Å². The minimum atomic E-state index is -0.294. The first-order chi connectivity index (χ1) is 8.84. The van der Waals surface area contributed by atoms with Gasteiger partial charge >= 0.3 is 0 Å². The monoisotopic (exact) mass is 256 g/mol. The van der Waals surface area contributed by atoms with Crippen molar-refractivity contribution in [2.45, 2.75) is 17.1 Å². The molecule has 3 rings (SSSR count). The number of epoxide rings is 1.